The summed E-state index contributed by atoms with van der Waals surface area (Å²) in [6, 6.07) is 4.63. The van der Waals surface area contributed by atoms with Crippen molar-refractivity contribution in [3.63, 3.8) is 0 Å². The number of methoxy groups -OCH3 is 1. The summed E-state index contributed by atoms with van der Waals surface area (Å²) in [7, 11) is 1.23. The molecule has 0 aliphatic rings. The second kappa shape index (κ2) is 6.33. The first-order chi connectivity index (χ1) is 7.70. The molecule has 86 valence electrons. The molecule has 2 nitrogen and oxygen atoms in total. The first kappa shape index (κ1) is 12.8. The molecule has 0 atom stereocenters. The third-order valence-electron chi connectivity index (χ3n) is 2.03. The molecule has 0 aliphatic heterocycles. The number of benzene rings is 1. The van der Waals surface area contributed by atoms with E-state index in [1.54, 1.807) is 18.2 Å². The van der Waals surface area contributed by atoms with Crippen LogP contribution >= 0.6 is 12.6 Å². The van der Waals surface area contributed by atoms with Gasteiger partial charge in [-0.25, -0.2) is 9.18 Å². The van der Waals surface area contributed by atoms with Crippen molar-refractivity contribution in [3.05, 3.63) is 41.2 Å². The van der Waals surface area contributed by atoms with Crippen molar-refractivity contribution >= 4 is 24.7 Å². The largest absolute Gasteiger partial charge is 0.465 e. The molecular formula is C12H13FO2S. The Bertz CT molecular complexity index is 402. The summed E-state index contributed by atoms with van der Waals surface area (Å²) in [5, 5.41) is 0. The third-order valence-corrected chi connectivity index (χ3v) is 2.29. The molecule has 0 spiro atoms. The molecule has 4 heteroatoms. The summed E-state index contributed by atoms with van der Waals surface area (Å²) >= 11 is 4.04. The number of hydrogen-bond donors (Lipinski definition) is 1. The van der Waals surface area contributed by atoms with Crippen LogP contribution in [0.5, 0.6) is 0 Å². The minimum atomic E-state index is -0.665. The van der Waals surface area contributed by atoms with Gasteiger partial charge >= 0.3 is 5.97 Å². The number of allylic oxidation sites excluding steroid dienone is 1. The molecule has 0 N–H and O–H groups in total. The Kier molecular flexibility index (Phi) is 5.05. The van der Waals surface area contributed by atoms with E-state index in [0.29, 0.717) is 11.3 Å². The number of esters is 1. The van der Waals surface area contributed by atoms with Gasteiger partial charge in [0.1, 0.15) is 5.82 Å². The molecule has 0 radical (unpaired) electrons. The lowest BCUT2D eigenvalue weighted by Gasteiger charge is -2.03. The van der Waals surface area contributed by atoms with Crippen LogP contribution in [0.4, 0.5) is 4.39 Å². The van der Waals surface area contributed by atoms with Crippen LogP contribution < -0.4 is 0 Å². The zero-order valence-electron chi connectivity index (χ0n) is 8.94. The Morgan fingerprint density at radius 1 is 1.56 bits per heavy atom. The van der Waals surface area contributed by atoms with Gasteiger partial charge in [0, 0.05) is 5.56 Å². The minimum Gasteiger partial charge on any atom is -0.465 e. The van der Waals surface area contributed by atoms with E-state index < -0.39 is 11.8 Å². The van der Waals surface area contributed by atoms with Gasteiger partial charge in [0.25, 0.3) is 0 Å². The number of ether oxygens (including phenoxy) is 1. The highest BCUT2D eigenvalue weighted by Gasteiger charge is 2.13. The van der Waals surface area contributed by atoms with Crippen LogP contribution in [-0.2, 0) is 4.74 Å². The Morgan fingerprint density at radius 3 is 2.94 bits per heavy atom. The predicted octanol–water partition coefficient (Wildman–Crippen LogP) is 2.95. The van der Waals surface area contributed by atoms with Gasteiger partial charge in [-0.1, -0.05) is 24.3 Å². The van der Waals surface area contributed by atoms with Gasteiger partial charge in [0.2, 0.25) is 0 Å². The zero-order valence-corrected chi connectivity index (χ0v) is 9.84. The molecule has 0 saturated carbocycles. The van der Waals surface area contributed by atoms with E-state index in [1.807, 2.05) is 6.08 Å². The molecule has 0 saturated heterocycles. The van der Waals surface area contributed by atoms with Crippen molar-refractivity contribution in [2.24, 2.45) is 0 Å². The Labute approximate surface area is 99.5 Å². The van der Waals surface area contributed by atoms with Crippen LogP contribution in [0.1, 0.15) is 22.3 Å². The molecule has 0 heterocycles. The fourth-order valence-corrected chi connectivity index (χ4v) is 1.38. The van der Waals surface area contributed by atoms with E-state index in [9.17, 15) is 9.18 Å². The van der Waals surface area contributed by atoms with Crippen molar-refractivity contribution in [3.8, 4) is 0 Å². The highest BCUT2D eigenvalue weighted by molar-refractivity contribution is 7.80. The van der Waals surface area contributed by atoms with Gasteiger partial charge in [-0.05, 0) is 18.2 Å². The van der Waals surface area contributed by atoms with Gasteiger partial charge in [0.15, 0.2) is 0 Å². The van der Waals surface area contributed by atoms with Crippen LogP contribution in [0.15, 0.2) is 24.3 Å². The molecule has 1 aromatic carbocycles. The smallest absolute Gasteiger partial charge is 0.340 e. The molecule has 0 aromatic heterocycles. The molecule has 0 bridgehead atoms. The highest BCUT2D eigenvalue weighted by atomic mass is 32.1. The zero-order chi connectivity index (χ0) is 12.0. The second-order valence-corrected chi connectivity index (χ2v) is 3.56. The Morgan fingerprint density at radius 2 is 2.31 bits per heavy atom. The van der Waals surface area contributed by atoms with E-state index in [-0.39, 0.29) is 5.56 Å². The average Bonchev–Trinajstić information content (AvgIpc) is 2.30. The van der Waals surface area contributed by atoms with Crippen molar-refractivity contribution in [1.82, 2.24) is 0 Å². The lowest BCUT2D eigenvalue weighted by atomic mass is 10.1. The molecule has 0 aliphatic carbocycles. The predicted molar refractivity (Wildman–Crippen MR) is 65.2 cm³/mol. The van der Waals surface area contributed by atoms with Crippen molar-refractivity contribution in [2.75, 3.05) is 12.9 Å². The maximum atomic E-state index is 13.8. The number of thiol groups is 1. The van der Waals surface area contributed by atoms with Gasteiger partial charge in [-0.15, -0.1) is 0 Å². The third kappa shape index (κ3) is 3.10. The van der Waals surface area contributed by atoms with Gasteiger partial charge in [-0.3, -0.25) is 0 Å². The van der Waals surface area contributed by atoms with Crippen LogP contribution in [0.2, 0.25) is 0 Å². The molecule has 1 rings (SSSR count). The van der Waals surface area contributed by atoms with Gasteiger partial charge in [-0.2, -0.15) is 12.6 Å². The van der Waals surface area contributed by atoms with Crippen LogP contribution in [0.25, 0.3) is 6.08 Å². The summed E-state index contributed by atoms with van der Waals surface area (Å²) in [5.74, 6) is -0.513. The standard InChI is InChI=1S/C12H13FO2S/c1-15-12(14)10-7-4-6-9(11(10)13)5-2-3-8-16/h2,4-7,16H,3,8H2,1H3. The number of carbonyl (C=O) groups is 1. The number of rotatable bonds is 4. The maximum absolute atomic E-state index is 13.8. The molecule has 0 amide bonds. The molecular weight excluding hydrogens is 227 g/mol. The molecule has 16 heavy (non-hydrogen) atoms. The fraction of sp³-hybridized carbons (Fsp3) is 0.250. The lowest BCUT2D eigenvalue weighted by molar-refractivity contribution is 0.0595. The minimum absolute atomic E-state index is 0.0458. The van der Waals surface area contributed by atoms with Gasteiger partial charge < -0.3 is 4.74 Å². The van der Waals surface area contributed by atoms with Crippen LogP contribution in [0.3, 0.4) is 0 Å². The number of hydrogen-bond acceptors (Lipinski definition) is 3. The number of halogens is 1. The van der Waals surface area contributed by atoms with Crippen molar-refractivity contribution in [1.29, 1.82) is 0 Å². The Balaban J connectivity index is 2.99. The monoisotopic (exact) mass is 240 g/mol. The molecule has 0 fully saturated rings. The van der Waals surface area contributed by atoms with E-state index in [0.717, 1.165) is 6.42 Å². The van der Waals surface area contributed by atoms with Gasteiger partial charge in [0.05, 0.1) is 12.7 Å². The summed E-state index contributed by atoms with van der Waals surface area (Å²) in [4.78, 5) is 11.2. The summed E-state index contributed by atoms with van der Waals surface area (Å²) in [6.07, 6.45) is 4.20. The first-order valence-corrected chi connectivity index (χ1v) is 5.48. The topological polar surface area (TPSA) is 26.3 Å². The van der Waals surface area contributed by atoms with E-state index in [2.05, 4.69) is 17.4 Å². The van der Waals surface area contributed by atoms with Crippen LogP contribution in [-0.4, -0.2) is 18.8 Å². The van der Waals surface area contributed by atoms with Crippen molar-refractivity contribution in [2.45, 2.75) is 6.42 Å². The molecule has 0 unspecified atom stereocenters. The Hall–Kier alpha value is -1.29. The van der Waals surface area contributed by atoms with E-state index >= 15 is 0 Å². The quantitative estimate of drug-likeness (QED) is 0.647. The van der Waals surface area contributed by atoms with E-state index in [4.69, 9.17) is 0 Å². The molecule has 1 aromatic rings. The fourth-order valence-electron chi connectivity index (χ4n) is 1.23. The average molecular weight is 240 g/mol. The lowest BCUT2D eigenvalue weighted by Crippen LogP contribution is -2.05. The summed E-state index contributed by atoms with van der Waals surface area (Å²) < 4.78 is 18.2. The van der Waals surface area contributed by atoms with E-state index in [1.165, 1.54) is 13.2 Å². The maximum Gasteiger partial charge on any atom is 0.340 e. The SMILES string of the molecule is COC(=O)c1cccc(C=CCCS)c1F. The second-order valence-electron chi connectivity index (χ2n) is 3.12. The first-order valence-electron chi connectivity index (χ1n) is 4.85. The van der Waals surface area contributed by atoms with Crippen molar-refractivity contribution < 1.29 is 13.9 Å². The normalized spacial score (nSPS) is 10.7. The van der Waals surface area contributed by atoms with Crippen LogP contribution in [0, 0.1) is 5.82 Å². The summed E-state index contributed by atoms with van der Waals surface area (Å²) in [6.45, 7) is 0. The number of carbonyl (C=O) groups excluding carboxylic acids is 1. The highest BCUT2D eigenvalue weighted by Crippen LogP contribution is 2.15. The summed E-state index contributed by atoms with van der Waals surface area (Å²) in [5.41, 5.74) is 0.334.